The predicted molar refractivity (Wildman–Crippen MR) is 71.4 cm³/mol. The van der Waals surface area contributed by atoms with E-state index >= 15 is 0 Å². The standard InChI is InChI=1S/C15H16F2N2/c1-9-3-4-10(2)13(7-9)15(19-18)12-6-5-11(16)8-14(12)17/h3-8,15,19H,18H2,1-2H3. The summed E-state index contributed by atoms with van der Waals surface area (Å²) in [5, 5.41) is 0. The van der Waals surface area contributed by atoms with Crippen molar-refractivity contribution >= 4 is 0 Å². The van der Waals surface area contributed by atoms with Crippen LogP contribution in [0.4, 0.5) is 8.78 Å². The van der Waals surface area contributed by atoms with Crippen molar-refractivity contribution in [1.29, 1.82) is 0 Å². The summed E-state index contributed by atoms with van der Waals surface area (Å²) in [4.78, 5) is 0. The van der Waals surface area contributed by atoms with E-state index in [1.807, 2.05) is 32.0 Å². The molecule has 0 amide bonds. The van der Waals surface area contributed by atoms with Crippen molar-refractivity contribution in [3.05, 3.63) is 70.3 Å². The molecule has 0 aliphatic heterocycles. The van der Waals surface area contributed by atoms with Gasteiger partial charge in [0, 0.05) is 11.6 Å². The predicted octanol–water partition coefficient (Wildman–Crippen LogP) is 3.13. The second-order valence-corrected chi connectivity index (χ2v) is 4.63. The smallest absolute Gasteiger partial charge is 0.131 e. The molecule has 0 radical (unpaired) electrons. The van der Waals surface area contributed by atoms with Crippen molar-refractivity contribution in [2.24, 2.45) is 5.84 Å². The highest BCUT2D eigenvalue weighted by atomic mass is 19.1. The van der Waals surface area contributed by atoms with Crippen molar-refractivity contribution in [3.63, 3.8) is 0 Å². The highest BCUT2D eigenvalue weighted by Gasteiger charge is 2.18. The van der Waals surface area contributed by atoms with Crippen LogP contribution in [0.3, 0.4) is 0 Å². The molecule has 0 saturated heterocycles. The van der Waals surface area contributed by atoms with E-state index in [1.54, 1.807) is 0 Å². The van der Waals surface area contributed by atoms with Gasteiger partial charge in [-0.25, -0.2) is 14.2 Å². The molecule has 2 nitrogen and oxygen atoms in total. The minimum Gasteiger partial charge on any atom is -0.271 e. The van der Waals surface area contributed by atoms with Gasteiger partial charge in [-0.1, -0.05) is 29.8 Å². The Balaban J connectivity index is 2.52. The second kappa shape index (κ2) is 5.47. The van der Waals surface area contributed by atoms with E-state index in [4.69, 9.17) is 5.84 Å². The van der Waals surface area contributed by atoms with E-state index in [2.05, 4.69) is 5.43 Å². The number of aryl methyl sites for hydroxylation is 2. The fourth-order valence-electron chi connectivity index (χ4n) is 2.15. The Morgan fingerprint density at radius 3 is 2.37 bits per heavy atom. The molecule has 0 heterocycles. The summed E-state index contributed by atoms with van der Waals surface area (Å²) in [6.45, 7) is 3.89. The molecule has 0 aliphatic carbocycles. The molecule has 19 heavy (non-hydrogen) atoms. The van der Waals surface area contributed by atoms with Crippen molar-refractivity contribution in [3.8, 4) is 0 Å². The van der Waals surface area contributed by atoms with E-state index in [0.29, 0.717) is 5.56 Å². The van der Waals surface area contributed by atoms with E-state index in [-0.39, 0.29) is 0 Å². The number of hydrogen-bond acceptors (Lipinski definition) is 2. The van der Waals surface area contributed by atoms with Gasteiger partial charge in [-0.3, -0.25) is 5.84 Å². The first-order chi connectivity index (χ1) is 9.02. The number of rotatable bonds is 3. The molecule has 2 rings (SSSR count). The van der Waals surface area contributed by atoms with Crippen molar-refractivity contribution in [2.45, 2.75) is 19.9 Å². The highest BCUT2D eigenvalue weighted by molar-refractivity contribution is 5.39. The molecule has 4 heteroatoms. The van der Waals surface area contributed by atoms with Crippen LogP contribution in [0, 0.1) is 25.5 Å². The fraction of sp³-hybridized carbons (Fsp3) is 0.200. The SMILES string of the molecule is Cc1ccc(C)c(C(NN)c2ccc(F)cc2F)c1. The third kappa shape index (κ3) is 2.80. The summed E-state index contributed by atoms with van der Waals surface area (Å²) >= 11 is 0. The first kappa shape index (κ1) is 13.6. The minimum atomic E-state index is -0.608. The largest absolute Gasteiger partial charge is 0.271 e. The van der Waals surface area contributed by atoms with Gasteiger partial charge in [-0.05, 0) is 31.0 Å². The van der Waals surface area contributed by atoms with Gasteiger partial charge in [0.1, 0.15) is 11.6 Å². The number of hydrazine groups is 1. The Labute approximate surface area is 111 Å². The van der Waals surface area contributed by atoms with Gasteiger partial charge in [0.05, 0.1) is 6.04 Å². The average Bonchev–Trinajstić information content (AvgIpc) is 2.36. The summed E-state index contributed by atoms with van der Waals surface area (Å²) < 4.78 is 26.8. The average molecular weight is 262 g/mol. The number of nitrogens with two attached hydrogens (primary N) is 1. The summed E-state index contributed by atoms with van der Waals surface area (Å²) in [6.07, 6.45) is 0. The molecule has 0 saturated carbocycles. The van der Waals surface area contributed by atoms with Gasteiger partial charge < -0.3 is 0 Å². The van der Waals surface area contributed by atoms with E-state index in [1.165, 1.54) is 12.1 Å². The van der Waals surface area contributed by atoms with E-state index < -0.39 is 17.7 Å². The normalized spacial score (nSPS) is 12.5. The molecule has 3 N–H and O–H groups in total. The zero-order valence-electron chi connectivity index (χ0n) is 10.9. The summed E-state index contributed by atoms with van der Waals surface area (Å²) in [5.74, 6) is 4.35. The van der Waals surface area contributed by atoms with Gasteiger partial charge in [0.25, 0.3) is 0 Å². The number of nitrogens with one attached hydrogen (secondary N) is 1. The Kier molecular flexibility index (Phi) is 3.93. The molecular formula is C15H16F2N2. The van der Waals surface area contributed by atoms with Crippen molar-refractivity contribution in [1.82, 2.24) is 5.43 Å². The maximum atomic E-state index is 13.9. The molecule has 0 aromatic heterocycles. The zero-order chi connectivity index (χ0) is 14.0. The van der Waals surface area contributed by atoms with Crippen molar-refractivity contribution in [2.75, 3.05) is 0 Å². The maximum absolute atomic E-state index is 13.9. The van der Waals surface area contributed by atoms with Gasteiger partial charge >= 0.3 is 0 Å². The first-order valence-electron chi connectivity index (χ1n) is 6.01. The van der Waals surface area contributed by atoms with E-state index in [9.17, 15) is 8.78 Å². The molecule has 100 valence electrons. The van der Waals surface area contributed by atoms with Gasteiger partial charge in [0.15, 0.2) is 0 Å². The fourth-order valence-corrected chi connectivity index (χ4v) is 2.15. The Morgan fingerprint density at radius 1 is 1.00 bits per heavy atom. The molecule has 0 spiro atoms. The van der Waals surface area contributed by atoms with Gasteiger partial charge in [-0.15, -0.1) is 0 Å². The van der Waals surface area contributed by atoms with Crippen LogP contribution in [-0.4, -0.2) is 0 Å². The summed E-state index contributed by atoms with van der Waals surface area (Å²) in [6, 6.07) is 8.89. The van der Waals surface area contributed by atoms with Gasteiger partial charge in [-0.2, -0.15) is 0 Å². The first-order valence-corrected chi connectivity index (χ1v) is 6.01. The molecular weight excluding hydrogens is 246 g/mol. The summed E-state index contributed by atoms with van der Waals surface area (Å²) in [7, 11) is 0. The lowest BCUT2D eigenvalue weighted by Crippen LogP contribution is -2.30. The zero-order valence-corrected chi connectivity index (χ0v) is 10.9. The Morgan fingerprint density at radius 2 is 1.74 bits per heavy atom. The molecule has 0 aliphatic rings. The molecule has 1 atom stereocenters. The number of benzene rings is 2. The summed E-state index contributed by atoms with van der Waals surface area (Å²) in [5.41, 5.74) is 5.87. The molecule has 1 unspecified atom stereocenters. The van der Waals surface area contributed by atoms with Crippen LogP contribution in [0.15, 0.2) is 36.4 Å². The van der Waals surface area contributed by atoms with Crippen LogP contribution in [-0.2, 0) is 0 Å². The van der Waals surface area contributed by atoms with Gasteiger partial charge in [0.2, 0.25) is 0 Å². The van der Waals surface area contributed by atoms with Crippen LogP contribution in [0.1, 0.15) is 28.3 Å². The van der Waals surface area contributed by atoms with Crippen LogP contribution in [0.25, 0.3) is 0 Å². The number of halogens is 2. The molecule has 0 bridgehead atoms. The van der Waals surface area contributed by atoms with E-state index in [0.717, 1.165) is 22.8 Å². The van der Waals surface area contributed by atoms with Crippen LogP contribution >= 0.6 is 0 Å². The Bertz CT molecular complexity index is 597. The monoisotopic (exact) mass is 262 g/mol. The Hall–Kier alpha value is -1.78. The number of hydrogen-bond donors (Lipinski definition) is 2. The van der Waals surface area contributed by atoms with Crippen molar-refractivity contribution < 1.29 is 8.78 Å². The third-order valence-corrected chi connectivity index (χ3v) is 3.19. The molecule has 2 aromatic rings. The quantitative estimate of drug-likeness (QED) is 0.658. The lowest BCUT2D eigenvalue weighted by Gasteiger charge is -2.20. The highest BCUT2D eigenvalue weighted by Crippen LogP contribution is 2.27. The van der Waals surface area contributed by atoms with Crippen LogP contribution < -0.4 is 11.3 Å². The third-order valence-electron chi connectivity index (χ3n) is 3.19. The lowest BCUT2D eigenvalue weighted by molar-refractivity contribution is 0.540. The molecule has 0 fully saturated rings. The van der Waals surface area contributed by atoms with Crippen LogP contribution in [0.2, 0.25) is 0 Å². The second-order valence-electron chi connectivity index (χ2n) is 4.63. The lowest BCUT2D eigenvalue weighted by atomic mass is 9.93. The molecule has 2 aromatic carbocycles. The maximum Gasteiger partial charge on any atom is 0.131 e. The topological polar surface area (TPSA) is 38.0 Å². The minimum absolute atomic E-state index is 0.331. The van der Waals surface area contributed by atoms with Crippen LogP contribution in [0.5, 0.6) is 0 Å².